The molecule has 1 aliphatic heterocycles. The number of hydrogen-bond acceptors (Lipinski definition) is 6. The number of ether oxygens (including phenoxy) is 1. The molecule has 0 saturated carbocycles. The number of carbonyl (C=O) groups is 2. The summed E-state index contributed by atoms with van der Waals surface area (Å²) >= 11 is 0. The van der Waals surface area contributed by atoms with Crippen LogP contribution in [0.4, 0.5) is 0 Å². The third-order valence-electron chi connectivity index (χ3n) is 6.81. The van der Waals surface area contributed by atoms with E-state index in [1.165, 1.54) is 6.26 Å². The second-order valence-electron chi connectivity index (χ2n) is 9.10. The van der Waals surface area contributed by atoms with E-state index in [-0.39, 0.29) is 30.3 Å². The van der Waals surface area contributed by atoms with Gasteiger partial charge in [0.2, 0.25) is 5.91 Å². The first-order valence-corrected chi connectivity index (χ1v) is 11.9. The quantitative estimate of drug-likeness (QED) is 0.493. The Morgan fingerprint density at radius 1 is 1.20 bits per heavy atom. The number of likely N-dealkylation sites (N-methyl/N-ethyl adjacent to an activating group) is 1. The second-order valence-corrected chi connectivity index (χ2v) is 9.10. The van der Waals surface area contributed by atoms with Crippen molar-refractivity contribution in [3.05, 3.63) is 65.6 Å². The lowest BCUT2D eigenvalue weighted by Gasteiger charge is -2.40. The molecule has 1 aromatic carbocycles. The number of carbonyl (C=O) groups excluding carboxylic acids is 2. The number of nitrogens with zero attached hydrogens (tertiary/aromatic N) is 5. The second kappa shape index (κ2) is 10.8. The highest BCUT2D eigenvalue weighted by atomic mass is 16.5. The molecule has 1 saturated heterocycles. The van der Waals surface area contributed by atoms with Crippen LogP contribution in [0.15, 0.2) is 47.1 Å². The molecule has 1 atom stereocenters. The van der Waals surface area contributed by atoms with Crippen molar-refractivity contribution >= 4 is 11.8 Å². The van der Waals surface area contributed by atoms with E-state index in [2.05, 4.69) is 16.1 Å². The molecule has 0 N–H and O–H groups in total. The summed E-state index contributed by atoms with van der Waals surface area (Å²) in [5.74, 6) is 2.67. The van der Waals surface area contributed by atoms with Gasteiger partial charge < -0.3 is 19.0 Å². The van der Waals surface area contributed by atoms with Crippen LogP contribution in [0.3, 0.4) is 0 Å². The van der Waals surface area contributed by atoms with Crippen LogP contribution in [0.25, 0.3) is 0 Å². The lowest BCUT2D eigenvalue weighted by molar-refractivity contribution is -0.133. The molecule has 35 heavy (non-hydrogen) atoms. The van der Waals surface area contributed by atoms with Crippen LogP contribution < -0.4 is 4.74 Å². The summed E-state index contributed by atoms with van der Waals surface area (Å²) in [5, 5.41) is 4.31. The molecule has 9 heteroatoms. The first kappa shape index (κ1) is 24.5. The Morgan fingerprint density at radius 2 is 1.97 bits per heavy atom. The fourth-order valence-electron chi connectivity index (χ4n) is 4.86. The topological polar surface area (TPSA) is 93.7 Å². The first-order valence-electron chi connectivity index (χ1n) is 11.9. The highest BCUT2D eigenvalue weighted by molar-refractivity contribution is 5.91. The number of piperidine rings is 1. The van der Waals surface area contributed by atoms with Crippen LogP contribution >= 0.6 is 0 Å². The molecule has 9 nitrogen and oxygen atoms in total. The predicted molar refractivity (Wildman–Crippen MR) is 130 cm³/mol. The van der Waals surface area contributed by atoms with E-state index in [9.17, 15) is 9.59 Å². The average Bonchev–Trinajstić information content (AvgIpc) is 3.51. The Kier molecular flexibility index (Phi) is 7.53. The molecule has 0 spiro atoms. The van der Waals surface area contributed by atoms with Gasteiger partial charge in [0.1, 0.15) is 23.9 Å². The van der Waals surface area contributed by atoms with E-state index >= 15 is 0 Å². The molecule has 186 valence electrons. The Hall–Kier alpha value is -3.62. The number of benzene rings is 1. The summed E-state index contributed by atoms with van der Waals surface area (Å²) in [6, 6.07) is 11.3. The fraction of sp³-hybridized carbons (Fsp3) is 0.462. The number of methoxy groups -OCH3 is 1. The molecule has 0 aliphatic carbocycles. The van der Waals surface area contributed by atoms with E-state index in [1.54, 1.807) is 28.8 Å². The van der Waals surface area contributed by atoms with Gasteiger partial charge in [-0.15, -0.1) is 0 Å². The molecule has 0 radical (unpaired) electrons. The summed E-state index contributed by atoms with van der Waals surface area (Å²) < 4.78 is 12.4. The SMILES string of the molecule is COc1cccc(C[C@H](C2CCN(C(=O)Cn3nc(C)nc3C)CC2)N(C)C(=O)c2ccco2)c1. The van der Waals surface area contributed by atoms with Gasteiger partial charge in [0.25, 0.3) is 5.91 Å². The minimum absolute atomic E-state index is 0.0424. The van der Waals surface area contributed by atoms with Crippen LogP contribution in [-0.4, -0.2) is 69.7 Å². The van der Waals surface area contributed by atoms with Crippen molar-refractivity contribution in [2.75, 3.05) is 27.2 Å². The van der Waals surface area contributed by atoms with Crippen molar-refractivity contribution < 1.29 is 18.7 Å². The molecule has 1 aliphatic rings. The Bertz CT molecular complexity index is 1150. The van der Waals surface area contributed by atoms with Crippen molar-refractivity contribution in [1.82, 2.24) is 24.6 Å². The maximum atomic E-state index is 13.1. The fourth-order valence-corrected chi connectivity index (χ4v) is 4.86. The lowest BCUT2D eigenvalue weighted by atomic mass is 9.84. The van der Waals surface area contributed by atoms with Gasteiger partial charge in [0.05, 0.1) is 13.4 Å². The van der Waals surface area contributed by atoms with E-state index in [4.69, 9.17) is 9.15 Å². The van der Waals surface area contributed by atoms with E-state index < -0.39 is 0 Å². The van der Waals surface area contributed by atoms with Crippen molar-refractivity contribution in [2.24, 2.45) is 5.92 Å². The van der Waals surface area contributed by atoms with Crippen molar-refractivity contribution in [2.45, 2.75) is 45.7 Å². The van der Waals surface area contributed by atoms with Crippen LogP contribution in [0, 0.1) is 19.8 Å². The largest absolute Gasteiger partial charge is 0.497 e. The Balaban J connectivity index is 1.46. The van der Waals surface area contributed by atoms with Crippen LogP contribution in [0.5, 0.6) is 5.75 Å². The maximum Gasteiger partial charge on any atom is 0.289 e. The van der Waals surface area contributed by atoms with Gasteiger partial charge in [-0.1, -0.05) is 12.1 Å². The Morgan fingerprint density at radius 3 is 2.60 bits per heavy atom. The number of amides is 2. The van der Waals surface area contributed by atoms with Crippen molar-refractivity contribution in [3.8, 4) is 5.75 Å². The molecule has 4 rings (SSSR count). The number of aromatic nitrogens is 3. The zero-order chi connectivity index (χ0) is 24.9. The highest BCUT2D eigenvalue weighted by Gasteiger charge is 2.34. The van der Waals surface area contributed by atoms with E-state index in [0.29, 0.717) is 31.1 Å². The normalized spacial score (nSPS) is 15.1. The monoisotopic (exact) mass is 479 g/mol. The van der Waals surface area contributed by atoms with E-state index in [0.717, 1.165) is 30.0 Å². The number of rotatable bonds is 8. The molecule has 1 fully saturated rings. The van der Waals surface area contributed by atoms with Crippen LogP contribution in [0.2, 0.25) is 0 Å². The average molecular weight is 480 g/mol. The maximum absolute atomic E-state index is 13.1. The van der Waals surface area contributed by atoms with Crippen LogP contribution in [0.1, 0.15) is 40.6 Å². The number of aryl methyl sites for hydroxylation is 2. The Labute approximate surface area is 205 Å². The van der Waals surface area contributed by atoms with Gasteiger partial charge in [-0.2, -0.15) is 5.10 Å². The number of likely N-dealkylation sites (tertiary alicyclic amines) is 1. The number of furan rings is 1. The molecule has 2 amide bonds. The molecule has 0 bridgehead atoms. The summed E-state index contributed by atoms with van der Waals surface area (Å²) in [7, 11) is 3.49. The standard InChI is InChI=1S/C26H33N5O4/c1-18-27-19(2)31(28-18)17-25(32)30-12-10-21(11-13-30)23(16-20-7-5-8-22(15-20)34-4)29(3)26(33)24-9-6-14-35-24/h5-9,14-15,21,23H,10-13,16-17H2,1-4H3/t23-/m1/s1. The van der Waals surface area contributed by atoms with E-state index in [1.807, 2.05) is 44.0 Å². The first-order chi connectivity index (χ1) is 16.9. The van der Waals surface area contributed by atoms with Gasteiger partial charge in [-0.25, -0.2) is 9.67 Å². The minimum atomic E-state index is -0.140. The molecular formula is C26H33N5O4. The number of hydrogen-bond donors (Lipinski definition) is 0. The molecule has 3 aromatic rings. The summed E-state index contributed by atoms with van der Waals surface area (Å²) in [6.45, 7) is 5.17. The molecular weight excluding hydrogens is 446 g/mol. The summed E-state index contributed by atoms with van der Waals surface area (Å²) in [4.78, 5) is 34.0. The highest BCUT2D eigenvalue weighted by Crippen LogP contribution is 2.28. The van der Waals surface area contributed by atoms with Gasteiger partial charge >= 0.3 is 0 Å². The van der Waals surface area contributed by atoms with Crippen molar-refractivity contribution in [3.63, 3.8) is 0 Å². The van der Waals surface area contributed by atoms with Crippen molar-refractivity contribution in [1.29, 1.82) is 0 Å². The summed E-state index contributed by atoms with van der Waals surface area (Å²) in [5.41, 5.74) is 1.10. The molecule has 3 heterocycles. The zero-order valence-corrected chi connectivity index (χ0v) is 20.8. The van der Waals surface area contributed by atoms with Gasteiger partial charge in [0.15, 0.2) is 5.76 Å². The smallest absolute Gasteiger partial charge is 0.289 e. The van der Waals surface area contributed by atoms with Gasteiger partial charge in [0, 0.05) is 26.2 Å². The van der Waals surface area contributed by atoms with Crippen LogP contribution in [-0.2, 0) is 17.8 Å². The summed E-state index contributed by atoms with van der Waals surface area (Å²) in [6.07, 6.45) is 3.83. The zero-order valence-electron chi connectivity index (χ0n) is 20.8. The van der Waals surface area contributed by atoms with Gasteiger partial charge in [-0.3, -0.25) is 9.59 Å². The van der Waals surface area contributed by atoms with Gasteiger partial charge in [-0.05, 0) is 68.9 Å². The molecule has 2 aromatic heterocycles. The lowest BCUT2D eigenvalue weighted by Crippen LogP contribution is -2.49. The third-order valence-corrected chi connectivity index (χ3v) is 6.81. The molecule has 0 unspecified atom stereocenters. The third kappa shape index (κ3) is 5.72. The predicted octanol–water partition coefficient (Wildman–Crippen LogP) is 3.12. The minimum Gasteiger partial charge on any atom is -0.497 e.